The predicted octanol–water partition coefficient (Wildman–Crippen LogP) is 3.44. The zero-order chi connectivity index (χ0) is 12.3. The first-order chi connectivity index (χ1) is 8.24. The Morgan fingerprint density at radius 3 is 2.94 bits per heavy atom. The van der Waals surface area contributed by atoms with E-state index in [0.29, 0.717) is 12.0 Å². The molecule has 0 amide bonds. The van der Waals surface area contributed by atoms with Crippen molar-refractivity contribution in [2.24, 2.45) is 5.92 Å². The highest BCUT2D eigenvalue weighted by Gasteiger charge is 2.25. The van der Waals surface area contributed by atoms with Crippen molar-refractivity contribution in [1.82, 2.24) is 5.32 Å². The van der Waals surface area contributed by atoms with E-state index in [1.54, 1.807) is 0 Å². The molecule has 0 aromatic heterocycles. The second-order valence-electron chi connectivity index (χ2n) is 4.70. The standard InChI is InChI=1S/C14H20BrNO/c1-10-12(6-3-7-13(10)15)14(16-2)11-5-4-8-17-9-11/h3,6-7,11,14,16H,4-5,8-9H2,1-2H3. The van der Waals surface area contributed by atoms with Gasteiger partial charge in [-0.2, -0.15) is 0 Å². The molecule has 1 aliphatic rings. The fourth-order valence-electron chi connectivity index (χ4n) is 2.63. The Bertz CT molecular complexity index is 374. The first-order valence-electron chi connectivity index (χ1n) is 6.24. The Morgan fingerprint density at radius 2 is 2.29 bits per heavy atom. The van der Waals surface area contributed by atoms with E-state index in [4.69, 9.17) is 4.74 Å². The van der Waals surface area contributed by atoms with Gasteiger partial charge in [-0.25, -0.2) is 0 Å². The number of halogens is 1. The van der Waals surface area contributed by atoms with Crippen LogP contribution < -0.4 is 5.32 Å². The van der Waals surface area contributed by atoms with Crippen LogP contribution in [-0.2, 0) is 4.74 Å². The lowest BCUT2D eigenvalue weighted by atomic mass is 9.87. The van der Waals surface area contributed by atoms with E-state index >= 15 is 0 Å². The summed E-state index contributed by atoms with van der Waals surface area (Å²) in [5.74, 6) is 0.585. The van der Waals surface area contributed by atoms with Gasteiger partial charge < -0.3 is 10.1 Å². The number of hydrogen-bond acceptors (Lipinski definition) is 2. The highest BCUT2D eigenvalue weighted by Crippen LogP contribution is 2.32. The molecule has 17 heavy (non-hydrogen) atoms. The Kier molecular flexibility index (Phi) is 4.60. The van der Waals surface area contributed by atoms with Crippen molar-refractivity contribution in [2.75, 3.05) is 20.3 Å². The summed E-state index contributed by atoms with van der Waals surface area (Å²) in [7, 11) is 2.04. The Balaban J connectivity index is 2.24. The van der Waals surface area contributed by atoms with Gasteiger partial charge in [-0.1, -0.05) is 28.1 Å². The molecule has 1 saturated heterocycles. The van der Waals surface area contributed by atoms with Crippen molar-refractivity contribution < 1.29 is 4.74 Å². The maximum Gasteiger partial charge on any atom is 0.0512 e. The zero-order valence-electron chi connectivity index (χ0n) is 10.5. The number of hydrogen-bond donors (Lipinski definition) is 1. The minimum atomic E-state index is 0.396. The topological polar surface area (TPSA) is 21.3 Å². The summed E-state index contributed by atoms with van der Waals surface area (Å²) in [6, 6.07) is 6.83. The van der Waals surface area contributed by atoms with Crippen LogP contribution in [0.3, 0.4) is 0 Å². The molecule has 94 valence electrons. The van der Waals surface area contributed by atoms with Crippen LogP contribution in [0.5, 0.6) is 0 Å². The molecule has 0 aliphatic carbocycles. The number of ether oxygens (including phenoxy) is 1. The third kappa shape index (κ3) is 2.90. The van der Waals surface area contributed by atoms with Crippen LogP contribution >= 0.6 is 15.9 Å². The molecule has 2 unspecified atom stereocenters. The maximum absolute atomic E-state index is 5.60. The summed E-state index contributed by atoms with van der Waals surface area (Å²) < 4.78 is 6.79. The lowest BCUT2D eigenvalue weighted by molar-refractivity contribution is 0.0401. The second kappa shape index (κ2) is 5.98. The third-order valence-electron chi connectivity index (χ3n) is 3.62. The SMILES string of the molecule is CNC(c1cccc(Br)c1C)C1CCCOC1. The van der Waals surface area contributed by atoms with Gasteiger partial charge in [0.2, 0.25) is 0 Å². The summed E-state index contributed by atoms with van der Waals surface area (Å²) in [6.07, 6.45) is 2.42. The maximum atomic E-state index is 5.60. The number of rotatable bonds is 3. The summed E-state index contributed by atoms with van der Waals surface area (Å²) in [6.45, 7) is 3.97. The van der Waals surface area contributed by atoms with Crippen LogP contribution in [-0.4, -0.2) is 20.3 Å². The summed E-state index contributed by atoms with van der Waals surface area (Å²) in [4.78, 5) is 0. The van der Waals surface area contributed by atoms with Crippen molar-refractivity contribution in [1.29, 1.82) is 0 Å². The van der Waals surface area contributed by atoms with Gasteiger partial charge >= 0.3 is 0 Å². The Hall–Kier alpha value is -0.380. The minimum absolute atomic E-state index is 0.396. The molecule has 0 radical (unpaired) electrons. The normalized spacial score (nSPS) is 22.4. The van der Waals surface area contributed by atoms with Crippen molar-refractivity contribution in [3.63, 3.8) is 0 Å². The van der Waals surface area contributed by atoms with Crippen molar-refractivity contribution >= 4 is 15.9 Å². The van der Waals surface area contributed by atoms with Crippen LogP contribution in [0, 0.1) is 12.8 Å². The van der Waals surface area contributed by atoms with Crippen molar-refractivity contribution in [3.8, 4) is 0 Å². The molecule has 0 saturated carbocycles. The highest BCUT2D eigenvalue weighted by molar-refractivity contribution is 9.10. The fourth-order valence-corrected chi connectivity index (χ4v) is 3.02. The summed E-state index contributed by atoms with van der Waals surface area (Å²) in [5, 5.41) is 3.46. The smallest absolute Gasteiger partial charge is 0.0512 e. The van der Waals surface area contributed by atoms with Gasteiger partial charge in [0.1, 0.15) is 0 Å². The van der Waals surface area contributed by atoms with Crippen molar-refractivity contribution in [3.05, 3.63) is 33.8 Å². The quantitative estimate of drug-likeness (QED) is 0.923. The van der Waals surface area contributed by atoms with Gasteiger partial charge in [0.25, 0.3) is 0 Å². The first-order valence-corrected chi connectivity index (χ1v) is 7.03. The molecule has 1 heterocycles. The fraction of sp³-hybridized carbons (Fsp3) is 0.571. The van der Waals surface area contributed by atoms with E-state index in [1.165, 1.54) is 28.4 Å². The van der Waals surface area contributed by atoms with E-state index < -0.39 is 0 Å². The van der Waals surface area contributed by atoms with E-state index in [1.807, 2.05) is 7.05 Å². The van der Waals surface area contributed by atoms with E-state index in [2.05, 4.69) is 46.4 Å². The summed E-state index contributed by atoms with van der Waals surface area (Å²) in [5.41, 5.74) is 2.72. The lowest BCUT2D eigenvalue weighted by Crippen LogP contribution is -2.31. The molecular weight excluding hydrogens is 278 g/mol. The van der Waals surface area contributed by atoms with Gasteiger partial charge in [-0.15, -0.1) is 0 Å². The molecule has 2 nitrogen and oxygen atoms in total. The molecule has 2 atom stereocenters. The molecule has 1 N–H and O–H groups in total. The molecule has 1 aromatic rings. The molecule has 1 aliphatic heterocycles. The van der Waals surface area contributed by atoms with Crippen LogP contribution in [0.4, 0.5) is 0 Å². The first kappa shape index (κ1) is 13.1. The average molecular weight is 298 g/mol. The minimum Gasteiger partial charge on any atom is -0.381 e. The number of benzene rings is 1. The van der Waals surface area contributed by atoms with Crippen LogP contribution in [0.2, 0.25) is 0 Å². The molecule has 1 fully saturated rings. The third-order valence-corrected chi connectivity index (χ3v) is 4.48. The van der Waals surface area contributed by atoms with E-state index in [-0.39, 0.29) is 0 Å². The van der Waals surface area contributed by atoms with Crippen LogP contribution in [0.25, 0.3) is 0 Å². The monoisotopic (exact) mass is 297 g/mol. The van der Waals surface area contributed by atoms with Gasteiger partial charge in [-0.05, 0) is 44.0 Å². The molecule has 0 spiro atoms. The van der Waals surface area contributed by atoms with E-state index in [9.17, 15) is 0 Å². The number of nitrogens with one attached hydrogen (secondary N) is 1. The van der Waals surface area contributed by atoms with Crippen LogP contribution in [0.1, 0.15) is 30.0 Å². The lowest BCUT2D eigenvalue weighted by Gasteiger charge is -2.31. The Morgan fingerprint density at radius 1 is 1.47 bits per heavy atom. The predicted molar refractivity (Wildman–Crippen MR) is 74.2 cm³/mol. The van der Waals surface area contributed by atoms with Gasteiger partial charge in [0.05, 0.1) is 6.61 Å². The second-order valence-corrected chi connectivity index (χ2v) is 5.55. The van der Waals surface area contributed by atoms with Crippen LogP contribution in [0.15, 0.2) is 22.7 Å². The largest absolute Gasteiger partial charge is 0.381 e. The van der Waals surface area contributed by atoms with E-state index in [0.717, 1.165) is 13.2 Å². The molecule has 0 bridgehead atoms. The summed E-state index contributed by atoms with van der Waals surface area (Å²) >= 11 is 3.61. The molecule has 2 rings (SSSR count). The molecule has 3 heteroatoms. The van der Waals surface area contributed by atoms with Gasteiger partial charge in [-0.3, -0.25) is 0 Å². The highest BCUT2D eigenvalue weighted by atomic mass is 79.9. The zero-order valence-corrected chi connectivity index (χ0v) is 12.1. The average Bonchev–Trinajstić information content (AvgIpc) is 2.37. The van der Waals surface area contributed by atoms with Gasteiger partial charge in [0.15, 0.2) is 0 Å². The Labute approximate surface area is 112 Å². The molecule has 1 aromatic carbocycles. The molecular formula is C14H20BrNO. The van der Waals surface area contributed by atoms with Gasteiger partial charge in [0, 0.05) is 23.0 Å². The van der Waals surface area contributed by atoms with Crippen molar-refractivity contribution in [2.45, 2.75) is 25.8 Å².